The molecule has 1 heterocycles. The van der Waals surface area contributed by atoms with Gasteiger partial charge in [0.2, 0.25) is 0 Å². The lowest BCUT2D eigenvalue weighted by Gasteiger charge is -2.10. The maximum atomic E-state index is 4.08. The highest BCUT2D eigenvalue weighted by molar-refractivity contribution is 5.79. The van der Waals surface area contributed by atoms with Crippen LogP contribution in [0, 0.1) is 0 Å². The van der Waals surface area contributed by atoms with Crippen molar-refractivity contribution >= 4 is 5.96 Å². The molecule has 0 radical (unpaired) electrons. The van der Waals surface area contributed by atoms with Crippen LogP contribution in [0.2, 0.25) is 0 Å². The Labute approximate surface area is 89.9 Å². The van der Waals surface area contributed by atoms with Crippen LogP contribution in [0.3, 0.4) is 0 Å². The molecule has 2 N–H and O–H groups in total. The maximum Gasteiger partial charge on any atom is 0.191 e. The van der Waals surface area contributed by atoms with Gasteiger partial charge in [0.15, 0.2) is 5.96 Å². The molecular weight excluding hydrogens is 190 g/mol. The minimum Gasteiger partial charge on any atom is -0.353 e. The van der Waals surface area contributed by atoms with E-state index in [-0.39, 0.29) is 0 Å². The minimum atomic E-state index is 0.699. The van der Waals surface area contributed by atoms with Crippen LogP contribution in [-0.4, -0.2) is 29.3 Å². The molecule has 0 saturated carbocycles. The zero-order valence-electron chi connectivity index (χ0n) is 9.20. The van der Waals surface area contributed by atoms with E-state index in [2.05, 4.69) is 27.3 Å². The fraction of sp³-hybridized carbons (Fsp3) is 0.400. The van der Waals surface area contributed by atoms with Crippen molar-refractivity contribution in [3.63, 3.8) is 0 Å². The van der Waals surface area contributed by atoms with Crippen LogP contribution in [0.1, 0.15) is 5.69 Å². The van der Waals surface area contributed by atoms with Crippen LogP contribution in [0.4, 0.5) is 0 Å². The number of nitrogens with zero attached hydrogens (tertiary/aromatic N) is 3. The molecule has 1 aromatic heterocycles. The Morgan fingerprint density at radius 3 is 3.00 bits per heavy atom. The van der Waals surface area contributed by atoms with Crippen molar-refractivity contribution in [3.05, 3.63) is 30.6 Å². The SMILES string of the molecule is C=CCNC(=NC)NCc1ccnn1C. The molecule has 0 aliphatic rings. The largest absolute Gasteiger partial charge is 0.353 e. The highest BCUT2D eigenvalue weighted by Gasteiger charge is 1.99. The van der Waals surface area contributed by atoms with Gasteiger partial charge in [-0.15, -0.1) is 6.58 Å². The number of hydrogen-bond donors (Lipinski definition) is 2. The standard InChI is InChI=1S/C10H17N5/c1-4-6-12-10(11-2)13-8-9-5-7-14-15(9)3/h4-5,7H,1,6,8H2,2-3H3,(H2,11,12,13). The highest BCUT2D eigenvalue weighted by atomic mass is 15.3. The van der Waals surface area contributed by atoms with Crippen LogP contribution in [0.25, 0.3) is 0 Å². The second kappa shape index (κ2) is 5.85. The van der Waals surface area contributed by atoms with Crippen LogP contribution in [0.15, 0.2) is 29.9 Å². The second-order valence-corrected chi connectivity index (χ2v) is 3.04. The van der Waals surface area contributed by atoms with Crippen LogP contribution in [-0.2, 0) is 13.6 Å². The average molecular weight is 207 g/mol. The number of nitrogens with one attached hydrogen (secondary N) is 2. The van der Waals surface area contributed by atoms with Gasteiger partial charge in [0.1, 0.15) is 0 Å². The third-order valence-corrected chi connectivity index (χ3v) is 2.00. The fourth-order valence-electron chi connectivity index (χ4n) is 1.14. The number of guanidine groups is 1. The summed E-state index contributed by atoms with van der Waals surface area (Å²) in [6.07, 6.45) is 3.56. The molecule has 1 aromatic rings. The van der Waals surface area contributed by atoms with E-state index in [1.165, 1.54) is 0 Å². The summed E-state index contributed by atoms with van der Waals surface area (Å²) in [5.74, 6) is 0.760. The second-order valence-electron chi connectivity index (χ2n) is 3.04. The average Bonchev–Trinajstić information content (AvgIpc) is 2.65. The van der Waals surface area contributed by atoms with E-state index in [4.69, 9.17) is 0 Å². The summed E-state index contributed by atoms with van der Waals surface area (Å²) >= 11 is 0. The first-order chi connectivity index (χ1) is 7.27. The van der Waals surface area contributed by atoms with E-state index in [1.807, 2.05) is 17.8 Å². The van der Waals surface area contributed by atoms with Crippen molar-refractivity contribution in [2.45, 2.75) is 6.54 Å². The van der Waals surface area contributed by atoms with Crippen LogP contribution < -0.4 is 10.6 Å². The van der Waals surface area contributed by atoms with Gasteiger partial charge in [-0.05, 0) is 6.07 Å². The molecule has 0 amide bonds. The fourth-order valence-corrected chi connectivity index (χ4v) is 1.14. The third-order valence-electron chi connectivity index (χ3n) is 2.00. The third kappa shape index (κ3) is 3.46. The number of hydrogen-bond acceptors (Lipinski definition) is 2. The number of aryl methyl sites for hydroxylation is 1. The normalized spacial score (nSPS) is 11.2. The summed E-state index contributed by atoms with van der Waals surface area (Å²) in [5.41, 5.74) is 1.11. The molecule has 5 heteroatoms. The van der Waals surface area contributed by atoms with Gasteiger partial charge in [0.25, 0.3) is 0 Å². The Balaban J connectivity index is 2.41. The zero-order chi connectivity index (χ0) is 11.1. The van der Waals surface area contributed by atoms with Crippen molar-refractivity contribution in [2.24, 2.45) is 12.0 Å². The summed E-state index contributed by atoms with van der Waals surface area (Å²) in [7, 11) is 3.65. The first kappa shape index (κ1) is 11.3. The monoisotopic (exact) mass is 207 g/mol. The lowest BCUT2D eigenvalue weighted by atomic mass is 10.4. The van der Waals surface area contributed by atoms with E-state index in [0.29, 0.717) is 13.1 Å². The first-order valence-corrected chi connectivity index (χ1v) is 4.80. The molecule has 0 aliphatic carbocycles. The molecule has 15 heavy (non-hydrogen) atoms. The lowest BCUT2D eigenvalue weighted by Crippen LogP contribution is -2.37. The Morgan fingerprint density at radius 2 is 2.47 bits per heavy atom. The van der Waals surface area contributed by atoms with E-state index >= 15 is 0 Å². The number of aromatic nitrogens is 2. The molecule has 0 aliphatic heterocycles. The van der Waals surface area contributed by atoms with E-state index < -0.39 is 0 Å². The van der Waals surface area contributed by atoms with E-state index in [0.717, 1.165) is 11.7 Å². The van der Waals surface area contributed by atoms with Crippen molar-refractivity contribution in [1.29, 1.82) is 0 Å². The summed E-state index contributed by atoms with van der Waals surface area (Å²) < 4.78 is 1.83. The summed E-state index contributed by atoms with van der Waals surface area (Å²) in [6, 6.07) is 1.97. The Hall–Kier alpha value is -1.78. The van der Waals surface area contributed by atoms with Gasteiger partial charge in [-0.25, -0.2) is 0 Å². The van der Waals surface area contributed by atoms with Gasteiger partial charge < -0.3 is 10.6 Å². The molecule has 82 valence electrons. The summed E-state index contributed by atoms with van der Waals surface area (Å²) in [6.45, 7) is 5.03. The van der Waals surface area contributed by atoms with Gasteiger partial charge in [-0.1, -0.05) is 6.08 Å². The van der Waals surface area contributed by atoms with Crippen LogP contribution in [0.5, 0.6) is 0 Å². The number of aliphatic imine (C=N–C) groups is 1. The molecule has 0 spiro atoms. The van der Waals surface area contributed by atoms with E-state index in [1.54, 1.807) is 19.3 Å². The maximum absolute atomic E-state index is 4.08. The van der Waals surface area contributed by atoms with Gasteiger partial charge in [0, 0.05) is 26.8 Å². The Bertz CT molecular complexity index is 339. The zero-order valence-corrected chi connectivity index (χ0v) is 9.20. The Kier molecular flexibility index (Phi) is 4.40. The molecule has 1 rings (SSSR count). The molecule has 0 aromatic carbocycles. The summed E-state index contributed by atoms with van der Waals surface area (Å²) in [4.78, 5) is 4.07. The van der Waals surface area contributed by atoms with Gasteiger partial charge in [-0.2, -0.15) is 5.10 Å². The molecule has 0 bridgehead atoms. The molecule has 0 atom stereocenters. The van der Waals surface area contributed by atoms with Crippen molar-refractivity contribution in [2.75, 3.05) is 13.6 Å². The van der Waals surface area contributed by atoms with Crippen molar-refractivity contribution in [3.8, 4) is 0 Å². The summed E-state index contributed by atoms with van der Waals surface area (Å²) in [5, 5.41) is 10.4. The topological polar surface area (TPSA) is 54.2 Å². The lowest BCUT2D eigenvalue weighted by molar-refractivity contribution is 0.687. The van der Waals surface area contributed by atoms with Crippen LogP contribution >= 0.6 is 0 Å². The number of rotatable bonds is 4. The van der Waals surface area contributed by atoms with Gasteiger partial charge >= 0.3 is 0 Å². The van der Waals surface area contributed by atoms with Gasteiger partial charge in [-0.3, -0.25) is 9.67 Å². The first-order valence-electron chi connectivity index (χ1n) is 4.80. The van der Waals surface area contributed by atoms with Crippen molar-refractivity contribution in [1.82, 2.24) is 20.4 Å². The van der Waals surface area contributed by atoms with E-state index in [9.17, 15) is 0 Å². The molecule has 0 fully saturated rings. The Morgan fingerprint density at radius 1 is 1.67 bits per heavy atom. The quantitative estimate of drug-likeness (QED) is 0.423. The highest BCUT2D eigenvalue weighted by Crippen LogP contribution is 1.94. The minimum absolute atomic E-state index is 0.699. The molecule has 5 nitrogen and oxygen atoms in total. The predicted molar refractivity (Wildman–Crippen MR) is 61.6 cm³/mol. The molecular formula is C10H17N5. The van der Waals surface area contributed by atoms with Crippen molar-refractivity contribution < 1.29 is 0 Å². The van der Waals surface area contributed by atoms with Gasteiger partial charge in [0.05, 0.1) is 12.2 Å². The predicted octanol–water partition coefficient (Wildman–Crippen LogP) is 0.271. The molecule has 0 saturated heterocycles. The molecule has 0 unspecified atom stereocenters. The smallest absolute Gasteiger partial charge is 0.191 e.